The van der Waals surface area contributed by atoms with Gasteiger partial charge in [0.05, 0.1) is 13.2 Å². The second kappa shape index (κ2) is 8.10. The van der Waals surface area contributed by atoms with E-state index in [4.69, 9.17) is 4.74 Å². The van der Waals surface area contributed by atoms with E-state index in [1.165, 1.54) is 52.0 Å². The van der Waals surface area contributed by atoms with Crippen LogP contribution in [-0.4, -0.2) is 74.9 Å². The molecule has 0 aromatic heterocycles. The number of ether oxygens (including phenoxy) is 1. The fraction of sp³-hybridized carbons (Fsp3) is 1.00. The average molecular weight is 255 g/mol. The molecule has 0 amide bonds. The molecule has 2 rings (SSSR count). The first-order valence-electron chi connectivity index (χ1n) is 7.64. The van der Waals surface area contributed by atoms with Crippen LogP contribution in [0.1, 0.15) is 26.2 Å². The lowest BCUT2D eigenvalue weighted by atomic mass is 10.2. The highest BCUT2D eigenvalue weighted by Gasteiger charge is 2.18. The predicted molar refractivity (Wildman–Crippen MR) is 75.0 cm³/mol. The SMILES string of the molecule is CCCN(CCN1CCOCC1)CC1CCCN1. The number of rotatable bonds is 7. The van der Waals surface area contributed by atoms with Crippen molar-refractivity contribution in [2.24, 2.45) is 0 Å². The van der Waals surface area contributed by atoms with E-state index in [0.29, 0.717) is 0 Å². The average Bonchev–Trinajstić information content (AvgIpc) is 2.90. The summed E-state index contributed by atoms with van der Waals surface area (Å²) in [5.41, 5.74) is 0. The van der Waals surface area contributed by atoms with Crippen molar-refractivity contribution in [3.63, 3.8) is 0 Å². The highest BCUT2D eigenvalue weighted by atomic mass is 16.5. The monoisotopic (exact) mass is 255 g/mol. The Morgan fingerprint density at radius 3 is 2.78 bits per heavy atom. The summed E-state index contributed by atoms with van der Waals surface area (Å²) in [5.74, 6) is 0. The minimum Gasteiger partial charge on any atom is -0.379 e. The number of hydrogen-bond donors (Lipinski definition) is 1. The molecular weight excluding hydrogens is 226 g/mol. The van der Waals surface area contributed by atoms with Gasteiger partial charge in [0.25, 0.3) is 0 Å². The van der Waals surface area contributed by atoms with Crippen molar-refractivity contribution < 1.29 is 4.74 Å². The third-order valence-electron chi connectivity index (χ3n) is 4.02. The third kappa shape index (κ3) is 4.84. The topological polar surface area (TPSA) is 27.7 Å². The van der Waals surface area contributed by atoms with E-state index in [0.717, 1.165) is 32.3 Å². The van der Waals surface area contributed by atoms with Crippen molar-refractivity contribution in [3.05, 3.63) is 0 Å². The van der Waals surface area contributed by atoms with Gasteiger partial charge in [-0.25, -0.2) is 0 Å². The Labute approximate surface area is 112 Å². The molecule has 18 heavy (non-hydrogen) atoms. The van der Waals surface area contributed by atoms with Gasteiger partial charge in [0.15, 0.2) is 0 Å². The number of morpholine rings is 1. The molecule has 1 atom stereocenters. The van der Waals surface area contributed by atoms with Gasteiger partial charge in [-0.2, -0.15) is 0 Å². The van der Waals surface area contributed by atoms with Crippen LogP contribution in [0.3, 0.4) is 0 Å². The molecule has 4 heteroatoms. The zero-order chi connectivity index (χ0) is 12.6. The maximum Gasteiger partial charge on any atom is 0.0594 e. The van der Waals surface area contributed by atoms with Crippen LogP contribution in [0.15, 0.2) is 0 Å². The standard InChI is InChI=1S/C14H29N3O/c1-2-6-17(13-14-4-3-5-15-14)8-7-16-9-11-18-12-10-16/h14-15H,2-13H2,1H3. The smallest absolute Gasteiger partial charge is 0.0594 e. The van der Waals surface area contributed by atoms with Crippen LogP contribution >= 0.6 is 0 Å². The van der Waals surface area contributed by atoms with Gasteiger partial charge >= 0.3 is 0 Å². The van der Waals surface area contributed by atoms with Crippen molar-refractivity contribution in [1.82, 2.24) is 15.1 Å². The second-order valence-corrected chi connectivity index (χ2v) is 5.55. The summed E-state index contributed by atoms with van der Waals surface area (Å²) >= 11 is 0. The van der Waals surface area contributed by atoms with Crippen LogP contribution in [0.2, 0.25) is 0 Å². The van der Waals surface area contributed by atoms with Crippen molar-refractivity contribution in [2.75, 3.05) is 59.0 Å². The molecule has 0 aromatic carbocycles. The van der Waals surface area contributed by atoms with Gasteiger partial charge in [0.1, 0.15) is 0 Å². The van der Waals surface area contributed by atoms with Gasteiger partial charge in [0, 0.05) is 38.8 Å². The summed E-state index contributed by atoms with van der Waals surface area (Å²) in [4.78, 5) is 5.17. The molecule has 1 N–H and O–H groups in total. The zero-order valence-electron chi connectivity index (χ0n) is 11.9. The van der Waals surface area contributed by atoms with Gasteiger partial charge in [0.2, 0.25) is 0 Å². The van der Waals surface area contributed by atoms with E-state index in [2.05, 4.69) is 22.0 Å². The van der Waals surface area contributed by atoms with Crippen LogP contribution < -0.4 is 5.32 Å². The number of nitrogens with zero attached hydrogens (tertiary/aromatic N) is 2. The molecule has 2 aliphatic rings. The van der Waals surface area contributed by atoms with Crippen LogP contribution in [-0.2, 0) is 4.74 Å². The summed E-state index contributed by atoms with van der Waals surface area (Å²) in [6.07, 6.45) is 3.97. The lowest BCUT2D eigenvalue weighted by molar-refractivity contribution is 0.0330. The Bertz CT molecular complexity index is 213. The lowest BCUT2D eigenvalue weighted by Gasteiger charge is -2.31. The molecule has 1 unspecified atom stereocenters. The Hall–Kier alpha value is -0.160. The van der Waals surface area contributed by atoms with Crippen molar-refractivity contribution in [1.29, 1.82) is 0 Å². The summed E-state index contributed by atoms with van der Waals surface area (Å²) in [5, 5.41) is 3.61. The Morgan fingerprint density at radius 1 is 1.28 bits per heavy atom. The lowest BCUT2D eigenvalue weighted by Crippen LogP contribution is -2.44. The first kappa shape index (κ1) is 14.3. The minimum absolute atomic E-state index is 0.737. The van der Waals surface area contributed by atoms with E-state index < -0.39 is 0 Å². The molecule has 0 bridgehead atoms. The minimum atomic E-state index is 0.737. The zero-order valence-corrected chi connectivity index (χ0v) is 11.9. The van der Waals surface area contributed by atoms with E-state index in [9.17, 15) is 0 Å². The van der Waals surface area contributed by atoms with E-state index in [-0.39, 0.29) is 0 Å². The molecule has 2 heterocycles. The summed E-state index contributed by atoms with van der Waals surface area (Å²) in [6.45, 7) is 12.4. The molecule has 4 nitrogen and oxygen atoms in total. The normalized spacial score (nSPS) is 26.0. The van der Waals surface area contributed by atoms with Crippen molar-refractivity contribution in [3.8, 4) is 0 Å². The highest BCUT2D eigenvalue weighted by molar-refractivity contribution is 4.78. The highest BCUT2D eigenvalue weighted by Crippen LogP contribution is 2.08. The quantitative estimate of drug-likeness (QED) is 0.728. The molecule has 0 saturated carbocycles. The van der Waals surface area contributed by atoms with Crippen LogP contribution in [0.5, 0.6) is 0 Å². The number of nitrogens with one attached hydrogen (secondary N) is 1. The summed E-state index contributed by atoms with van der Waals surface area (Å²) in [6, 6.07) is 0.737. The molecule has 106 valence electrons. The number of hydrogen-bond acceptors (Lipinski definition) is 4. The van der Waals surface area contributed by atoms with Crippen LogP contribution in [0, 0.1) is 0 Å². The molecule has 0 aromatic rings. The van der Waals surface area contributed by atoms with E-state index in [1.807, 2.05) is 0 Å². The summed E-state index contributed by atoms with van der Waals surface area (Å²) < 4.78 is 5.40. The fourth-order valence-electron chi connectivity index (χ4n) is 2.94. The molecular formula is C14H29N3O. The largest absolute Gasteiger partial charge is 0.379 e. The Kier molecular flexibility index (Phi) is 6.41. The molecule has 2 saturated heterocycles. The first-order valence-corrected chi connectivity index (χ1v) is 7.64. The maximum absolute atomic E-state index is 5.40. The van der Waals surface area contributed by atoms with Gasteiger partial charge in [-0.05, 0) is 32.4 Å². The van der Waals surface area contributed by atoms with Crippen LogP contribution in [0.25, 0.3) is 0 Å². The van der Waals surface area contributed by atoms with Crippen molar-refractivity contribution in [2.45, 2.75) is 32.2 Å². The van der Waals surface area contributed by atoms with E-state index >= 15 is 0 Å². The van der Waals surface area contributed by atoms with Crippen molar-refractivity contribution >= 4 is 0 Å². The van der Waals surface area contributed by atoms with Gasteiger partial charge in [-0.1, -0.05) is 6.92 Å². The first-order chi connectivity index (χ1) is 8.88. The molecule has 2 fully saturated rings. The molecule has 0 spiro atoms. The molecule has 0 radical (unpaired) electrons. The van der Waals surface area contributed by atoms with Gasteiger partial charge < -0.3 is 15.0 Å². The summed E-state index contributed by atoms with van der Waals surface area (Å²) in [7, 11) is 0. The van der Waals surface area contributed by atoms with Crippen LogP contribution in [0.4, 0.5) is 0 Å². The van der Waals surface area contributed by atoms with Gasteiger partial charge in [-0.3, -0.25) is 4.90 Å². The van der Waals surface area contributed by atoms with E-state index in [1.54, 1.807) is 0 Å². The third-order valence-corrected chi connectivity index (χ3v) is 4.02. The van der Waals surface area contributed by atoms with Gasteiger partial charge in [-0.15, -0.1) is 0 Å². The fourth-order valence-corrected chi connectivity index (χ4v) is 2.94. The second-order valence-electron chi connectivity index (χ2n) is 5.55. The Morgan fingerprint density at radius 2 is 2.11 bits per heavy atom. The maximum atomic E-state index is 5.40. The Balaban J connectivity index is 1.67. The molecule has 2 aliphatic heterocycles. The predicted octanol–water partition coefficient (Wildman–Crippen LogP) is 0.783. The molecule has 0 aliphatic carbocycles.